The van der Waals surface area contributed by atoms with Crippen LogP contribution in [0.4, 0.5) is 13.2 Å². The Morgan fingerprint density at radius 1 is 1.04 bits per heavy atom. The SMILES string of the molecule is CCO[C@@]1(C(F)(F)F)O[C@@H]2O[C@]3(C)CC[C@H]4[C@H](C)CCC([C@H]1C)C24OO3. The molecule has 1 saturated carbocycles. The van der Waals surface area contributed by atoms with E-state index in [2.05, 4.69) is 6.92 Å². The first-order chi connectivity index (χ1) is 12.1. The van der Waals surface area contributed by atoms with Gasteiger partial charge in [0.1, 0.15) is 0 Å². The standard InChI is InChI=1S/C18H27F3O5/c1-5-22-17(18(19,20)21)11(3)13-7-6-10(2)12-8-9-15(4)23-14(24-17)16(12,13)26-25-15/h10-14H,5-9H2,1-4H3/t10-,11-,12+,13?,14+,15+,16?,17-/m1/s1. The normalized spacial score (nSPS) is 53.9. The molecule has 2 unspecified atom stereocenters. The van der Waals surface area contributed by atoms with Crippen LogP contribution in [0.2, 0.25) is 0 Å². The Morgan fingerprint density at radius 2 is 1.77 bits per heavy atom. The van der Waals surface area contributed by atoms with Crippen LogP contribution in [-0.4, -0.2) is 36.2 Å². The molecule has 0 amide bonds. The fraction of sp³-hybridized carbons (Fsp3) is 1.00. The first kappa shape index (κ1) is 18.9. The molecule has 0 aromatic rings. The van der Waals surface area contributed by atoms with E-state index in [1.54, 1.807) is 20.8 Å². The minimum absolute atomic E-state index is 0.0193. The van der Waals surface area contributed by atoms with E-state index < -0.39 is 41.5 Å². The third kappa shape index (κ3) is 2.28. The fourth-order valence-electron chi connectivity index (χ4n) is 5.70. The Hall–Kier alpha value is -0.410. The molecular weight excluding hydrogens is 353 g/mol. The van der Waals surface area contributed by atoms with E-state index in [-0.39, 0.29) is 12.5 Å². The Bertz CT molecular complexity index is 572. The molecule has 0 N–H and O–H groups in total. The number of fused-ring (bicyclic) bond motifs is 2. The zero-order chi connectivity index (χ0) is 19.0. The molecule has 8 heteroatoms. The lowest BCUT2D eigenvalue weighted by molar-refractivity contribution is -0.598. The highest BCUT2D eigenvalue weighted by Crippen LogP contribution is 2.64. The van der Waals surface area contributed by atoms with Crippen molar-refractivity contribution in [2.24, 2.45) is 23.7 Å². The summed E-state index contributed by atoms with van der Waals surface area (Å²) >= 11 is 0. The molecule has 150 valence electrons. The van der Waals surface area contributed by atoms with Crippen molar-refractivity contribution in [1.82, 2.24) is 0 Å². The van der Waals surface area contributed by atoms with Gasteiger partial charge in [-0.1, -0.05) is 13.8 Å². The summed E-state index contributed by atoms with van der Waals surface area (Å²) < 4.78 is 59.4. The molecule has 0 radical (unpaired) electrons. The Kier molecular flexibility index (Phi) is 4.22. The predicted molar refractivity (Wildman–Crippen MR) is 83.5 cm³/mol. The van der Waals surface area contributed by atoms with Crippen molar-refractivity contribution in [1.29, 1.82) is 0 Å². The number of alkyl halides is 3. The monoisotopic (exact) mass is 380 g/mol. The Morgan fingerprint density at radius 3 is 2.42 bits per heavy atom. The topological polar surface area (TPSA) is 46.2 Å². The fourth-order valence-corrected chi connectivity index (χ4v) is 5.70. The van der Waals surface area contributed by atoms with E-state index in [0.29, 0.717) is 18.8 Å². The van der Waals surface area contributed by atoms with Gasteiger partial charge in [0.05, 0.1) is 0 Å². The molecule has 5 rings (SSSR count). The van der Waals surface area contributed by atoms with Crippen LogP contribution in [0.5, 0.6) is 0 Å². The van der Waals surface area contributed by atoms with Gasteiger partial charge in [-0.15, -0.1) is 0 Å². The molecule has 0 aromatic heterocycles. The van der Waals surface area contributed by atoms with E-state index >= 15 is 0 Å². The second kappa shape index (κ2) is 5.80. The Labute approximate surface area is 151 Å². The number of hydrogen-bond donors (Lipinski definition) is 0. The molecule has 5 fully saturated rings. The summed E-state index contributed by atoms with van der Waals surface area (Å²) in [4.78, 5) is 11.5. The van der Waals surface area contributed by atoms with Gasteiger partial charge in [0.15, 0.2) is 11.9 Å². The molecule has 4 aliphatic heterocycles. The highest BCUT2D eigenvalue weighted by molar-refractivity contribution is 5.12. The number of hydrogen-bond acceptors (Lipinski definition) is 5. The van der Waals surface area contributed by atoms with E-state index in [1.807, 2.05) is 0 Å². The van der Waals surface area contributed by atoms with Gasteiger partial charge in [-0.2, -0.15) is 13.2 Å². The molecule has 1 aliphatic carbocycles. The molecule has 5 nitrogen and oxygen atoms in total. The van der Waals surface area contributed by atoms with Crippen LogP contribution >= 0.6 is 0 Å². The van der Waals surface area contributed by atoms with Crippen LogP contribution in [-0.2, 0) is 24.0 Å². The third-order valence-electron chi connectivity index (χ3n) is 7.01. The Balaban J connectivity index is 1.84. The summed E-state index contributed by atoms with van der Waals surface area (Å²) in [5, 5.41) is 0. The van der Waals surface area contributed by atoms with Gasteiger partial charge < -0.3 is 14.2 Å². The minimum Gasteiger partial charge on any atom is -0.343 e. The quantitative estimate of drug-likeness (QED) is 0.673. The van der Waals surface area contributed by atoms with Crippen molar-refractivity contribution in [3.63, 3.8) is 0 Å². The van der Waals surface area contributed by atoms with Crippen LogP contribution in [0.25, 0.3) is 0 Å². The first-order valence-corrected chi connectivity index (χ1v) is 9.53. The van der Waals surface area contributed by atoms with Crippen molar-refractivity contribution < 1.29 is 37.2 Å². The van der Waals surface area contributed by atoms with E-state index in [9.17, 15) is 13.2 Å². The van der Waals surface area contributed by atoms with E-state index in [1.165, 1.54) is 0 Å². The molecule has 4 heterocycles. The smallest absolute Gasteiger partial charge is 0.343 e. The average molecular weight is 380 g/mol. The van der Waals surface area contributed by atoms with E-state index in [0.717, 1.165) is 12.8 Å². The minimum atomic E-state index is -4.68. The van der Waals surface area contributed by atoms with Crippen molar-refractivity contribution in [2.45, 2.75) is 83.0 Å². The van der Waals surface area contributed by atoms with Crippen molar-refractivity contribution >= 4 is 0 Å². The van der Waals surface area contributed by atoms with E-state index in [4.69, 9.17) is 24.0 Å². The number of rotatable bonds is 2. The van der Waals surface area contributed by atoms with Crippen molar-refractivity contribution in [3.05, 3.63) is 0 Å². The van der Waals surface area contributed by atoms with Gasteiger partial charge in [0.25, 0.3) is 5.79 Å². The molecular formula is C18H27F3O5. The summed E-state index contributed by atoms with van der Waals surface area (Å²) in [5.74, 6) is -4.87. The average Bonchev–Trinajstić information content (AvgIpc) is 2.78. The highest BCUT2D eigenvalue weighted by Gasteiger charge is 2.77. The second-order valence-corrected chi connectivity index (χ2v) is 8.41. The summed E-state index contributed by atoms with van der Waals surface area (Å²) in [5.41, 5.74) is -1.03. The lowest BCUT2D eigenvalue weighted by Gasteiger charge is -2.62. The molecule has 26 heavy (non-hydrogen) atoms. The second-order valence-electron chi connectivity index (χ2n) is 8.41. The maximum Gasteiger partial charge on any atom is 0.443 e. The summed E-state index contributed by atoms with van der Waals surface area (Å²) in [6, 6.07) is 0. The van der Waals surface area contributed by atoms with Crippen LogP contribution < -0.4 is 0 Å². The lowest BCUT2D eigenvalue weighted by Crippen LogP contribution is -2.76. The largest absolute Gasteiger partial charge is 0.443 e. The van der Waals surface area contributed by atoms with Gasteiger partial charge in [0.2, 0.25) is 5.79 Å². The summed E-state index contributed by atoms with van der Waals surface area (Å²) in [6.07, 6.45) is -3.10. The zero-order valence-electron chi connectivity index (χ0n) is 15.6. The number of ether oxygens (including phenoxy) is 3. The van der Waals surface area contributed by atoms with Gasteiger partial charge in [-0.3, -0.25) is 0 Å². The molecule has 4 saturated heterocycles. The van der Waals surface area contributed by atoms with Gasteiger partial charge in [-0.05, 0) is 44.9 Å². The zero-order valence-corrected chi connectivity index (χ0v) is 15.6. The van der Waals surface area contributed by atoms with Gasteiger partial charge in [0, 0.05) is 24.9 Å². The third-order valence-corrected chi connectivity index (χ3v) is 7.01. The maximum absolute atomic E-state index is 14.2. The van der Waals surface area contributed by atoms with Crippen LogP contribution in [0, 0.1) is 23.7 Å². The van der Waals surface area contributed by atoms with Crippen molar-refractivity contribution in [3.8, 4) is 0 Å². The molecule has 2 bridgehead atoms. The van der Waals surface area contributed by atoms with Crippen LogP contribution in [0.15, 0.2) is 0 Å². The van der Waals surface area contributed by atoms with Crippen molar-refractivity contribution in [2.75, 3.05) is 6.61 Å². The first-order valence-electron chi connectivity index (χ1n) is 9.53. The molecule has 1 spiro atoms. The molecule has 0 aromatic carbocycles. The summed E-state index contributed by atoms with van der Waals surface area (Å²) in [7, 11) is 0. The highest BCUT2D eigenvalue weighted by atomic mass is 19.4. The lowest BCUT2D eigenvalue weighted by atomic mass is 9.57. The molecule has 8 atom stereocenters. The molecule has 5 aliphatic rings. The predicted octanol–water partition coefficient (Wildman–Crippen LogP) is 4.16. The summed E-state index contributed by atoms with van der Waals surface area (Å²) in [6.45, 7) is 6.80. The van der Waals surface area contributed by atoms with Crippen LogP contribution in [0.1, 0.15) is 53.4 Å². The van der Waals surface area contributed by atoms with Crippen LogP contribution in [0.3, 0.4) is 0 Å². The maximum atomic E-state index is 14.2. The van der Waals surface area contributed by atoms with Gasteiger partial charge in [-0.25, -0.2) is 9.78 Å². The van der Waals surface area contributed by atoms with Gasteiger partial charge >= 0.3 is 6.18 Å². The number of halogens is 3.